The van der Waals surface area contributed by atoms with Crippen LogP contribution in [0, 0.1) is 5.41 Å². The number of hydrogen-bond donors (Lipinski definition) is 2. The monoisotopic (exact) mass is 241 g/mol. The van der Waals surface area contributed by atoms with Crippen molar-refractivity contribution in [3.8, 4) is 0 Å². The molecule has 0 saturated carbocycles. The summed E-state index contributed by atoms with van der Waals surface area (Å²) >= 11 is 0. The predicted molar refractivity (Wildman–Crippen MR) is 63.6 cm³/mol. The Hall–Kier alpha value is -0.160. The second-order valence-corrected chi connectivity index (χ2v) is 5.89. The van der Waals surface area contributed by atoms with Gasteiger partial charge >= 0.3 is 0 Å². The number of nitrogens with two attached hydrogens (primary N) is 1. The summed E-state index contributed by atoms with van der Waals surface area (Å²) in [6, 6.07) is 0. The smallest absolute Gasteiger partial charge is 0.0764 e. The summed E-state index contributed by atoms with van der Waals surface area (Å²) in [6.45, 7) is 1.94. The van der Waals surface area contributed by atoms with Crippen molar-refractivity contribution in [2.24, 2.45) is 11.1 Å². The standard InChI is InChI=1S/C13H23NO3/c14-9-12(8-10-2-3-11(12)17-10)13(15)4-1-6-16-7-5-13/h10-11,15H,1-9,14H2. The zero-order valence-corrected chi connectivity index (χ0v) is 10.4. The SMILES string of the molecule is NCC1(C2(O)CCCOCC2)CC2CCC1O2. The van der Waals surface area contributed by atoms with Crippen LogP contribution >= 0.6 is 0 Å². The first kappa shape index (κ1) is 11.9. The lowest BCUT2D eigenvalue weighted by molar-refractivity contribution is -0.121. The van der Waals surface area contributed by atoms with Crippen molar-refractivity contribution in [3.63, 3.8) is 0 Å². The zero-order chi connectivity index (χ0) is 11.9. The summed E-state index contributed by atoms with van der Waals surface area (Å²) in [6.07, 6.45) is 6.06. The van der Waals surface area contributed by atoms with Gasteiger partial charge in [0.25, 0.3) is 0 Å². The van der Waals surface area contributed by atoms with E-state index in [1.165, 1.54) is 0 Å². The largest absolute Gasteiger partial charge is 0.389 e. The normalized spacial score (nSPS) is 50.5. The molecule has 2 bridgehead atoms. The van der Waals surface area contributed by atoms with Crippen molar-refractivity contribution >= 4 is 0 Å². The molecule has 4 atom stereocenters. The third-order valence-corrected chi connectivity index (χ3v) is 5.15. The molecule has 3 fully saturated rings. The summed E-state index contributed by atoms with van der Waals surface area (Å²) in [5.41, 5.74) is 5.14. The number of rotatable bonds is 2. The molecule has 0 aromatic rings. The molecule has 0 aromatic carbocycles. The van der Waals surface area contributed by atoms with Crippen molar-refractivity contribution in [2.45, 2.75) is 56.3 Å². The number of fused-ring (bicyclic) bond motifs is 2. The lowest BCUT2D eigenvalue weighted by Crippen LogP contribution is -2.58. The van der Waals surface area contributed by atoms with Crippen LogP contribution in [0.1, 0.15) is 38.5 Å². The van der Waals surface area contributed by atoms with Gasteiger partial charge in [-0.25, -0.2) is 0 Å². The van der Waals surface area contributed by atoms with Gasteiger partial charge in [0.2, 0.25) is 0 Å². The van der Waals surface area contributed by atoms with Crippen LogP contribution < -0.4 is 5.73 Å². The fraction of sp³-hybridized carbons (Fsp3) is 1.00. The van der Waals surface area contributed by atoms with E-state index in [4.69, 9.17) is 15.2 Å². The Morgan fingerprint density at radius 1 is 1.24 bits per heavy atom. The van der Waals surface area contributed by atoms with Crippen molar-refractivity contribution in [3.05, 3.63) is 0 Å². The Kier molecular flexibility index (Phi) is 2.94. The maximum Gasteiger partial charge on any atom is 0.0764 e. The molecule has 98 valence electrons. The molecule has 3 aliphatic heterocycles. The van der Waals surface area contributed by atoms with E-state index in [1.807, 2.05) is 0 Å². The predicted octanol–water partition coefficient (Wildman–Crippen LogP) is 0.814. The fourth-order valence-electron chi connectivity index (χ4n) is 4.13. The molecule has 4 heteroatoms. The topological polar surface area (TPSA) is 64.7 Å². The highest BCUT2D eigenvalue weighted by molar-refractivity contribution is 5.11. The molecule has 3 heterocycles. The van der Waals surface area contributed by atoms with Crippen molar-refractivity contribution in [1.29, 1.82) is 0 Å². The van der Waals surface area contributed by atoms with E-state index in [9.17, 15) is 5.11 Å². The molecule has 0 aliphatic carbocycles. The molecule has 17 heavy (non-hydrogen) atoms. The Morgan fingerprint density at radius 3 is 2.76 bits per heavy atom. The molecule has 0 amide bonds. The van der Waals surface area contributed by atoms with Gasteiger partial charge in [0.05, 0.1) is 17.8 Å². The van der Waals surface area contributed by atoms with Gasteiger partial charge in [0.15, 0.2) is 0 Å². The van der Waals surface area contributed by atoms with Crippen LogP contribution in [0.15, 0.2) is 0 Å². The van der Waals surface area contributed by atoms with Gasteiger partial charge in [0, 0.05) is 31.6 Å². The minimum absolute atomic E-state index is 0.167. The minimum atomic E-state index is -0.682. The molecule has 0 radical (unpaired) electrons. The van der Waals surface area contributed by atoms with Crippen LogP contribution in [0.5, 0.6) is 0 Å². The molecule has 4 unspecified atom stereocenters. The van der Waals surface area contributed by atoms with E-state index in [-0.39, 0.29) is 11.5 Å². The van der Waals surface area contributed by atoms with Crippen LogP contribution in [0.3, 0.4) is 0 Å². The van der Waals surface area contributed by atoms with Crippen LogP contribution in [-0.2, 0) is 9.47 Å². The highest BCUT2D eigenvalue weighted by Gasteiger charge is 2.61. The number of ether oxygens (including phenoxy) is 2. The van der Waals surface area contributed by atoms with Gasteiger partial charge in [-0.3, -0.25) is 0 Å². The van der Waals surface area contributed by atoms with Gasteiger partial charge in [0.1, 0.15) is 0 Å². The van der Waals surface area contributed by atoms with E-state index >= 15 is 0 Å². The van der Waals surface area contributed by atoms with Crippen LogP contribution in [-0.4, -0.2) is 42.7 Å². The number of aliphatic hydroxyl groups is 1. The van der Waals surface area contributed by atoms with Crippen molar-refractivity contribution < 1.29 is 14.6 Å². The number of hydrogen-bond acceptors (Lipinski definition) is 4. The van der Waals surface area contributed by atoms with Crippen LogP contribution in [0.2, 0.25) is 0 Å². The van der Waals surface area contributed by atoms with Gasteiger partial charge in [-0.05, 0) is 32.1 Å². The van der Waals surface area contributed by atoms with Gasteiger partial charge in [-0.2, -0.15) is 0 Å². The summed E-state index contributed by atoms with van der Waals surface area (Å²) in [5.74, 6) is 0. The maximum absolute atomic E-state index is 11.1. The summed E-state index contributed by atoms with van der Waals surface area (Å²) in [7, 11) is 0. The molecule has 3 aliphatic rings. The zero-order valence-electron chi connectivity index (χ0n) is 10.4. The Morgan fingerprint density at radius 2 is 2.12 bits per heavy atom. The average molecular weight is 241 g/mol. The molecule has 3 N–H and O–H groups in total. The first-order valence-corrected chi connectivity index (χ1v) is 6.86. The summed E-state index contributed by atoms with van der Waals surface area (Å²) in [4.78, 5) is 0. The third-order valence-electron chi connectivity index (χ3n) is 5.15. The maximum atomic E-state index is 11.1. The molecule has 0 aromatic heterocycles. The molecule has 0 spiro atoms. The van der Waals surface area contributed by atoms with Crippen LogP contribution in [0.4, 0.5) is 0 Å². The van der Waals surface area contributed by atoms with E-state index in [0.717, 1.165) is 38.7 Å². The fourth-order valence-corrected chi connectivity index (χ4v) is 4.13. The second kappa shape index (κ2) is 4.19. The lowest BCUT2D eigenvalue weighted by atomic mass is 9.60. The van der Waals surface area contributed by atoms with Gasteiger partial charge in [-0.1, -0.05) is 0 Å². The molecular formula is C13H23NO3. The molecule has 3 rings (SSSR count). The van der Waals surface area contributed by atoms with E-state index < -0.39 is 5.60 Å². The van der Waals surface area contributed by atoms with Gasteiger partial charge < -0.3 is 20.3 Å². The summed E-state index contributed by atoms with van der Waals surface area (Å²) in [5, 5.41) is 11.1. The average Bonchev–Trinajstić information content (AvgIpc) is 2.87. The Bertz CT molecular complexity index is 288. The lowest BCUT2D eigenvalue weighted by Gasteiger charge is -2.47. The molecule has 4 nitrogen and oxygen atoms in total. The Balaban J connectivity index is 1.88. The van der Waals surface area contributed by atoms with Crippen LogP contribution in [0.25, 0.3) is 0 Å². The third kappa shape index (κ3) is 1.65. The van der Waals surface area contributed by atoms with E-state index in [2.05, 4.69) is 0 Å². The van der Waals surface area contributed by atoms with E-state index in [0.29, 0.717) is 25.7 Å². The molecule has 3 saturated heterocycles. The molecular weight excluding hydrogens is 218 g/mol. The Labute approximate surface area is 102 Å². The highest BCUT2D eigenvalue weighted by atomic mass is 16.5. The summed E-state index contributed by atoms with van der Waals surface area (Å²) < 4.78 is 11.4. The van der Waals surface area contributed by atoms with Crippen molar-refractivity contribution in [1.82, 2.24) is 0 Å². The minimum Gasteiger partial charge on any atom is -0.389 e. The van der Waals surface area contributed by atoms with Gasteiger partial charge in [-0.15, -0.1) is 0 Å². The first-order valence-electron chi connectivity index (χ1n) is 6.86. The quantitative estimate of drug-likeness (QED) is 0.751. The second-order valence-electron chi connectivity index (χ2n) is 5.89. The first-order chi connectivity index (χ1) is 8.20. The highest BCUT2D eigenvalue weighted by Crippen LogP contribution is 2.55. The van der Waals surface area contributed by atoms with Crippen molar-refractivity contribution in [2.75, 3.05) is 19.8 Å². The van der Waals surface area contributed by atoms with E-state index in [1.54, 1.807) is 0 Å².